The Morgan fingerprint density at radius 2 is 2.05 bits per heavy atom. The van der Waals surface area contributed by atoms with Gasteiger partial charge in [0.15, 0.2) is 0 Å². The molecule has 0 spiro atoms. The van der Waals surface area contributed by atoms with Gasteiger partial charge in [-0.15, -0.1) is 0 Å². The average molecular weight is 291 g/mol. The second-order valence-electron chi connectivity index (χ2n) is 5.64. The van der Waals surface area contributed by atoms with Crippen molar-refractivity contribution in [3.05, 3.63) is 39.4 Å². The fourth-order valence-electron chi connectivity index (χ4n) is 2.78. The quantitative estimate of drug-likeness (QED) is 0.507. The second-order valence-corrected chi connectivity index (χ2v) is 5.64. The van der Waals surface area contributed by atoms with Crippen LogP contribution in [0.1, 0.15) is 48.0 Å². The third-order valence-electron chi connectivity index (χ3n) is 4.05. The van der Waals surface area contributed by atoms with Gasteiger partial charge in [0, 0.05) is 29.8 Å². The fraction of sp³-hybridized carbons (Fsp3) is 0.533. The van der Waals surface area contributed by atoms with Gasteiger partial charge in [-0.2, -0.15) is 0 Å². The number of hydrogen-bond acceptors (Lipinski definition) is 4. The molecule has 6 nitrogen and oxygen atoms in total. The maximum Gasteiger partial charge on any atom is 0.269 e. The number of benzene rings is 1. The van der Waals surface area contributed by atoms with Gasteiger partial charge in [-0.05, 0) is 31.4 Å². The summed E-state index contributed by atoms with van der Waals surface area (Å²) in [5.74, 6) is -0.204. The summed E-state index contributed by atoms with van der Waals surface area (Å²) in [6, 6.07) is 4.24. The topological polar surface area (TPSA) is 98.3 Å². The number of nitrogens with one attached hydrogen (secondary N) is 1. The summed E-state index contributed by atoms with van der Waals surface area (Å²) in [6.45, 7) is 1.70. The molecule has 2 atom stereocenters. The number of nitro benzene ring substituents is 1. The molecular weight excluding hydrogens is 270 g/mol. The predicted octanol–water partition coefficient (Wildman–Crippen LogP) is 2.29. The molecule has 1 aromatic carbocycles. The van der Waals surface area contributed by atoms with E-state index in [9.17, 15) is 14.9 Å². The predicted molar refractivity (Wildman–Crippen MR) is 80.1 cm³/mol. The highest BCUT2D eigenvalue weighted by Gasteiger charge is 2.23. The van der Waals surface area contributed by atoms with Crippen molar-refractivity contribution in [2.45, 2.75) is 51.1 Å². The lowest BCUT2D eigenvalue weighted by atomic mass is 10.0. The van der Waals surface area contributed by atoms with E-state index >= 15 is 0 Å². The van der Waals surface area contributed by atoms with Crippen molar-refractivity contribution in [1.29, 1.82) is 0 Å². The lowest BCUT2D eigenvalue weighted by Crippen LogP contribution is -2.47. The molecule has 3 N–H and O–H groups in total. The summed E-state index contributed by atoms with van der Waals surface area (Å²) in [6.07, 6.45) is 5.13. The number of hydrogen-bond donors (Lipinski definition) is 2. The Morgan fingerprint density at radius 3 is 2.71 bits per heavy atom. The Labute approximate surface area is 123 Å². The highest BCUT2D eigenvalue weighted by molar-refractivity contribution is 5.96. The maximum atomic E-state index is 12.3. The zero-order valence-electron chi connectivity index (χ0n) is 12.2. The van der Waals surface area contributed by atoms with Crippen LogP contribution in [0.2, 0.25) is 0 Å². The average Bonchev–Trinajstić information content (AvgIpc) is 2.63. The molecule has 1 amide bonds. The van der Waals surface area contributed by atoms with E-state index in [0.717, 1.165) is 32.1 Å². The van der Waals surface area contributed by atoms with Crippen LogP contribution in [0, 0.1) is 17.0 Å². The van der Waals surface area contributed by atoms with Crippen molar-refractivity contribution in [3.8, 4) is 0 Å². The van der Waals surface area contributed by atoms with Gasteiger partial charge >= 0.3 is 0 Å². The SMILES string of the molecule is Cc1cc([N+](=O)[O-])ccc1C(=O)NC1CCCCCC1N. The molecule has 0 bridgehead atoms. The first kappa shape index (κ1) is 15.4. The number of nitrogens with two attached hydrogens (primary N) is 1. The van der Waals surface area contributed by atoms with Gasteiger partial charge in [-0.3, -0.25) is 14.9 Å². The van der Waals surface area contributed by atoms with E-state index < -0.39 is 4.92 Å². The summed E-state index contributed by atoms with van der Waals surface area (Å²) in [5.41, 5.74) is 7.17. The molecule has 2 rings (SSSR count). The van der Waals surface area contributed by atoms with Crippen molar-refractivity contribution in [2.24, 2.45) is 5.73 Å². The summed E-state index contributed by atoms with van der Waals surface area (Å²) in [4.78, 5) is 22.6. The van der Waals surface area contributed by atoms with Crippen LogP contribution in [0.4, 0.5) is 5.69 Å². The first-order chi connectivity index (χ1) is 9.99. The number of amides is 1. The van der Waals surface area contributed by atoms with E-state index in [-0.39, 0.29) is 23.7 Å². The first-order valence-corrected chi connectivity index (χ1v) is 7.30. The van der Waals surface area contributed by atoms with E-state index in [2.05, 4.69) is 5.32 Å². The van der Waals surface area contributed by atoms with Crippen molar-refractivity contribution < 1.29 is 9.72 Å². The van der Waals surface area contributed by atoms with Gasteiger partial charge < -0.3 is 11.1 Å². The van der Waals surface area contributed by atoms with Crippen molar-refractivity contribution in [3.63, 3.8) is 0 Å². The smallest absolute Gasteiger partial charge is 0.269 e. The normalized spacial score (nSPS) is 22.4. The summed E-state index contributed by atoms with van der Waals surface area (Å²) in [5, 5.41) is 13.7. The van der Waals surface area contributed by atoms with Crippen LogP contribution in [-0.4, -0.2) is 22.9 Å². The zero-order chi connectivity index (χ0) is 15.4. The molecule has 0 aromatic heterocycles. The number of aryl methyl sites for hydroxylation is 1. The second kappa shape index (κ2) is 6.67. The lowest BCUT2D eigenvalue weighted by Gasteiger charge is -2.23. The first-order valence-electron chi connectivity index (χ1n) is 7.30. The monoisotopic (exact) mass is 291 g/mol. The lowest BCUT2D eigenvalue weighted by molar-refractivity contribution is -0.384. The summed E-state index contributed by atoms with van der Waals surface area (Å²) in [7, 11) is 0. The van der Waals surface area contributed by atoms with Gasteiger partial charge in [0.05, 0.1) is 4.92 Å². The van der Waals surface area contributed by atoms with Crippen LogP contribution in [0.3, 0.4) is 0 Å². The molecule has 2 unspecified atom stereocenters. The molecule has 0 saturated heterocycles. The van der Waals surface area contributed by atoms with E-state index in [1.165, 1.54) is 18.2 Å². The van der Waals surface area contributed by atoms with Gasteiger partial charge in [-0.25, -0.2) is 0 Å². The third-order valence-corrected chi connectivity index (χ3v) is 4.05. The molecule has 1 aliphatic carbocycles. The van der Waals surface area contributed by atoms with Crippen LogP contribution in [0.5, 0.6) is 0 Å². The molecule has 114 valence electrons. The Hall–Kier alpha value is -1.95. The highest BCUT2D eigenvalue weighted by atomic mass is 16.6. The number of nitro groups is 1. The zero-order valence-corrected chi connectivity index (χ0v) is 12.2. The highest BCUT2D eigenvalue weighted by Crippen LogP contribution is 2.20. The number of carbonyl (C=O) groups is 1. The fourth-order valence-corrected chi connectivity index (χ4v) is 2.78. The molecule has 0 radical (unpaired) electrons. The largest absolute Gasteiger partial charge is 0.348 e. The van der Waals surface area contributed by atoms with E-state index in [1.807, 2.05) is 0 Å². The summed E-state index contributed by atoms with van der Waals surface area (Å²) < 4.78 is 0. The Balaban J connectivity index is 2.11. The van der Waals surface area contributed by atoms with E-state index in [1.54, 1.807) is 6.92 Å². The molecule has 1 saturated carbocycles. The molecule has 0 heterocycles. The van der Waals surface area contributed by atoms with Crippen molar-refractivity contribution >= 4 is 11.6 Å². The van der Waals surface area contributed by atoms with Gasteiger partial charge in [0.25, 0.3) is 11.6 Å². The van der Waals surface area contributed by atoms with E-state index in [4.69, 9.17) is 5.73 Å². The van der Waals surface area contributed by atoms with Crippen molar-refractivity contribution in [1.82, 2.24) is 5.32 Å². The Morgan fingerprint density at radius 1 is 1.33 bits per heavy atom. The molecular formula is C15H21N3O3. The molecule has 1 aromatic rings. The minimum Gasteiger partial charge on any atom is -0.348 e. The van der Waals surface area contributed by atoms with Gasteiger partial charge in [0.1, 0.15) is 0 Å². The van der Waals surface area contributed by atoms with Crippen LogP contribution >= 0.6 is 0 Å². The maximum absolute atomic E-state index is 12.3. The Kier molecular flexibility index (Phi) is 4.90. The van der Waals surface area contributed by atoms with Crippen LogP contribution in [0.25, 0.3) is 0 Å². The summed E-state index contributed by atoms with van der Waals surface area (Å²) >= 11 is 0. The molecule has 1 fully saturated rings. The molecule has 0 aliphatic heterocycles. The minimum absolute atomic E-state index is 0.00443. The third kappa shape index (κ3) is 3.78. The van der Waals surface area contributed by atoms with Gasteiger partial charge in [-0.1, -0.05) is 19.3 Å². The molecule has 1 aliphatic rings. The van der Waals surface area contributed by atoms with E-state index in [0.29, 0.717) is 11.1 Å². The van der Waals surface area contributed by atoms with Crippen molar-refractivity contribution in [2.75, 3.05) is 0 Å². The van der Waals surface area contributed by atoms with Gasteiger partial charge in [0.2, 0.25) is 0 Å². The molecule has 21 heavy (non-hydrogen) atoms. The minimum atomic E-state index is -0.462. The van der Waals surface area contributed by atoms with Crippen LogP contribution in [0.15, 0.2) is 18.2 Å². The number of carbonyl (C=O) groups excluding carboxylic acids is 1. The number of rotatable bonds is 3. The van der Waals surface area contributed by atoms with Crippen LogP contribution in [-0.2, 0) is 0 Å². The standard InChI is InChI=1S/C15H21N3O3/c1-10-9-11(18(20)21)7-8-12(10)15(19)17-14-6-4-2-3-5-13(14)16/h7-9,13-14H,2-6,16H2,1H3,(H,17,19). The number of non-ortho nitro benzene ring substituents is 1. The van der Waals surface area contributed by atoms with Crippen LogP contribution < -0.4 is 11.1 Å². The Bertz CT molecular complexity index is 545. The number of nitrogens with zero attached hydrogens (tertiary/aromatic N) is 1. The molecule has 6 heteroatoms.